The van der Waals surface area contributed by atoms with E-state index in [1.54, 1.807) is 23.9 Å². The number of hydrogen-bond donors (Lipinski definition) is 0. The van der Waals surface area contributed by atoms with Crippen LogP contribution in [0, 0.1) is 0 Å². The van der Waals surface area contributed by atoms with Crippen LogP contribution in [0.5, 0.6) is 0 Å². The average Bonchev–Trinajstić information content (AvgIpc) is 3.18. The van der Waals surface area contributed by atoms with Gasteiger partial charge in [-0.1, -0.05) is 6.07 Å². The third kappa shape index (κ3) is 3.00. The van der Waals surface area contributed by atoms with Crippen LogP contribution in [0.2, 0.25) is 0 Å². The number of hydrogen-bond acceptors (Lipinski definition) is 7. The lowest BCUT2D eigenvalue weighted by atomic mass is 10.3. The zero-order chi connectivity index (χ0) is 15.5. The molecular weight excluding hydrogens is 308 g/mol. The van der Waals surface area contributed by atoms with Gasteiger partial charge in [0.2, 0.25) is 0 Å². The fourth-order valence-corrected chi connectivity index (χ4v) is 3.38. The first-order valence-electron chi connectivity index (χ1n) is 7.54. The molecule has 0 amide bonds. The summed E-state index contributed by atoms with van der Waals surface area (Å²) >= 11 is 1.68. The lowest BCUT2D eigenvalue weighted by Gasteiger charge is -2.35. The highest BCUT2D eigenvalue weighted by Gasteiger charge is 2.19. The van der Waals surface area contributed by atoms with Crippen LogP contribution < -0.4 is 9.80 Å². The molecule has 7 heteroatoms. The van der Waals surface area contributed by atoms with E-state index in [2.05, 4.69) is 47.5 Å². The first-order valence-corrected chi connectivity index (χ1v) is 8.42. The van der Waals surface area contributed by atoms with Gasteiger partial charge < -0.3 is 9.80 Å². The van der Waals surface area contributed by atoms with Gasteiger partial charge in [-0.05, 0) is 29.6 Å². The molecule has 0 atom stereocenters. The summed E-state index contributed by atoms with van der Waals surface area (Å²) in [6.45, 7) is 3.67. The molecule has 3 aromatic heterocycles. The van der Waals surface area contributed by atoms with Crippen molar-refractivity contribution in [2.45, 2.75) is 0 Å². The summed E-state index contributed by atoms with van der Waals surface area (Å²) in [5.41, 5.74) is 0.934. The molecule has 0 radical (unpaired) electrons. The average molecular weight is 324 g/mol. The summed E-state index contributed by atoms with van der Waals surface area (Å²) in [7, 11) is 0. The van der Waals surface area contributed by atoms with Crippen molar-refractivity contribution in [3.05, 3.63) is 48.2 Å². The summed E-state index contributed by atoms with van der Waals surface area (Å²) < 4.78 is 0. The maximum Gasteiger partial charge on any atom is 0.151 e. The van der Waals surface area contributed by atoms with E-state index in [0.717, 1.165) is 48.4 Å². The summed E-state index contributed by atoms with van der Waals surface area (Å²) in [4.78, 5) is 14.0. The Morgan fingerprint density at radius 2 is 1.70 bits per heavy atom. The van der Waals surface area contributed by atoms with Crippen LogP contribution in [0.3, 0.4) is 0 Å². The summed E-state index contributed by atoms with van der Waals surface area (Å²) in [6, 6.07) is 10.1. The number of rotatable bonds is 3. The Labute approximate surface area is 138 Å². The zero-order valence-corrected chi connectivity index (χ0v) is 13.4. The molecule has 0 bridgehead atoms. The Balaban J connectivity index is 1.42. The van der Waals surface area contributed by atoms with Crippen molar-refractivity contribution in [2.24, 2.45) is 0 Å². The summed E-state index contributed by atoms with van der Waals surface area (Å²) in [6.07, 6.45) is 3.37. The van der Waals surface area contributed by atoms with Gasteiger partial charge in [0.05, 0.1) is 4.88 Å². The van der Waals surface area contributed by atoms with Gasteiger partial charge in [-0.25, -0.2) is 9.97 Å². The Morgan fingerprint density at radius 1 is 0.870 bits per heavy atom. The van der Waals surface area contributed by atoms with Crippen LogP contribution >= 0.6 is 11.3 Å². The van der Waals surface area contributed by atoms with Gasteiger partial charge in [-0.15, -0.1) is 21.5 Å². The molecule has 1 saturated heterocycles. The standard InChI is InChI=1S/C16H16N6S/c1-2-14(23-11-1)13-3-4-16(20-19-13)22-9-7-21(8-10-22)15-5-6-17-12-18-15/h1-6,11-12H,7-10H2. The van der Waals surface area contributed by atoms with Gasteiger partial charge in [-0.2, -0.15) is 0 Å². The molecule has 0 saturated carbocycles. The van der Waals surface area contributed by atoms with E-state index in [0.29, 0.717) is 0 Å². The second kappa shape index (κ2) is 6.29. The van der Waals surface area contributed by atoms with Crippen molar-refractivity contribution in [1.29, 1.82) is 0 Å². The molecule has 6 nitrogen and oxygen atoms in total. The Hall–Kier alpha value is -2.54. The number of anilines is 2. The van der Waals surface area contributed by atoms with Crippen molar-refractivity contribution in [3.63, 3.8) is 0 Å². The van der Waals surface area contributed by atoms with Gasteiger partial charge in [0.15, 0.2) is 5.82 Å². The van der Waals surface area contributed by atoms with Gasteiger partial charge in [0, 0.05) is 32.4 Å². The highest BCUT2D eigenvalue weighted by Crippen LogP contribution is 2.23. The van der Waals surface area contributed by atoms with E-state index < -0.39 is 0 Å². The zero-order valence-electron chi connectivity index (χ0n) is 12.5. The molecule has 0 aliphatic carbocycles. The molecule has 0 spiro atoms. The molecule has 4 rings (SSSR count). The number of thiophene rings is 1. The fourth-order valence-electron chi connectivity index (χ4n) is 2.69. The highest BCUT2D eigenvalue weighted by molar-refractivity contribution is 7.13. The molecule has 0 aromatic carbocycles. The van der Waals surface area contributed by atoms with E-state index in [4.69, 9.17) is 0 Å². The minimum absolute atomic E-state index is 0.914. The lowest BCUT2D eigenvalue weighted by molar-refractivity contribution is 0.637. The molecule has 1 fully saturated rings. The molecule has 116 valence electrons. The van der Waals surface area contributed by atoms with Crippen LogP contribution in [0.4, 0.5) is 11.6 Å². The molecule has 0 N–H and O–H groups in total. The maximum atomic E-state index is 4.39. The van der Waals surface area contributed by atoms with Crippen molar-refractivity contribution >= 4 is 23.0 Å². The predicted octanol–water partition coefficient (Wildman–Crippen LogP) is 2.32. The van der Waals surface area contributed by atoms with Gasteiger partial charge in [0.25, 0.3) is 0 Å². The van der Waals surface area contributed by atoms with E-state index in [-0.39, 0.29) is 0 Å². The van der Waals surface area contributed by atoms with E-state index in [1.807, 2.05) is 18.2 Å². The van der Waals surface area contributed by atoms with Crippen molar-refractivity contribution in [2.75, 3.05) is 36.0 Å². The van der Waals surface area contributed by atoms with Gasteiger partial charge in [-0.3, -0.25) is 0 Å². The number of aromatic nitrogens is 4. The molecule has 1 aliphatic heterocycles. The third-order valence-corrected chi connectivity index (χ3v) is 4.81. The molecule has 3 aromatic rings. The molecular formula is C16H16N6S. The largest absolute Gasteiger partial charge is 0.353 e. The minimum Gasteiger partial charge on any atom is -0.353 e. The third-order valence-electron chi connectivity index (χ3n) is 3.92. The summed E-state index contributed by atoms with van der Waals surface area (Å²) in [5.74, 6) is 1.92. The fraction of sp³-hybridized carbons (Fsp3) is 0.250. The Morgan fingerprint density at radius 3 is 2.30 bits per heavy atom. The predicted molar refractivity (Wildman–Crippen MR) is 91.8 cm³/mol. The lowest BCUT2D eigenvalue weighted by Crippen LogP contribution is -2.47. The highest BCUT2D eigenvalue weighted by atomic mass is 32.1. The maximum absolute atomic E-state index is 4.39. The smallest absolute Gasteiger partial charge is 0.151 e. The molecule has 23 heavy (non-hydrogen) atoms. The van der Waals surface area contributed by atoms with Crippen molar-refractivity contribution < 1.29 is 0 Å². The van der Waals surface area contributed by atoms with Crippen LogP contribution in [0.15, 0.2) is 48.2 Å². The van der Waals surface area contributed by atoms with Crippen LogP contribution in [-0.4, -0.2) is 46.3 Å². The van der Waals surface area contributed by atoms with Crippen LogP contribution in [0.25, 0.3) is 10.6 Å². The molecule has 0 unspecified atom stereocenters. The topological polar surface area (TPSA) is 58.0 Å². The van der Waals surface area contributed by atoms with Crippen LogP contribution in [-0.2, 0) is 0 Å². The quantitative estimate of drug-likeness (QED) is 0.737. The van der Waals surface area contributed by atoms with Gasteiger partial charge in [0.1, 0.15) is 17.8 Å². The normalized spacial score (nSPS) is 15.0. The Bertz CT molecular complexity index is 736. The first-order chi connectivity index (χ1) is 11.4. The van der Waals surface area contributed by atoms with E-state index in [9.17, 15) is 0 Å². The molecule has 1 aliphatic rings. The SMILES string of the molecule is c1csc(-c2ccc(N3CCN(c4ccncn4)CC3)nn2)c1. The summed E-state index contributed by atoms with van der Waals surface area (Å²) in [5, 5.41) is 10.8. The van der Waals surface area contributed by atoms with Crippen molar-refractivity contribution in [3.8, 4) is 10.6 Å². The first kappa shape index (κ1) is 14.1. The number of piperazine rings is 1. The monoisotopic (exact) mass is 324 g/mol. The Kier molecular flexibility index (Phi) is 3.85. The second-order valence-corrected chi connectivity index (χ2v) is 6.24. The minimum atomic E-state index is 0.914. The number of nitrogens with zero attached hydrogens (tertiary/aromatic N) is 6. The van der Waals surface area contributed by atoms with Crippen LogP contribution in [0.1, 0.15) is 0 Å². The second-order valence-electron chi connectivity index (χ2n) is 5.30. The van der Waals surface area contributed by atoms with E-state index >= 15 is 0 Å². The van der Waals surface area contributed by atoms with Gasteiger partial charge >= 0.3 is 0 Å². The van der Waals surface area contributed by atoms with E-state index in [1.165, 1.54) is 0 Å². The molecule has 4 heterocycles. The van der Waals surface area contributed by atoms with Crippen molar-refractivity contribution in [1.82, 2.24) is 20.2 Å².